The summed E-state index contributed by atoms with van der Waals surface area (Å²) in [7, 11) is 0. The SMILES string of the molecule is Cc1nc(C)c(C(C)NC2CC=CC2)s1. The maximum Gasteiger partial charge on any atom is 0.0900 e. The van der Waals surface area contributed by atoms with Crippen molar-refractivity contribution in [3.63, 3.8) is 0 Å². The van der Waals surface area contributed by atoms with E-state index in [4.69, 9.17) is 0 Å². The summed E-state index contributed by atoms with van der Waals surface area (Å²) < 4.78 is 0. The fourth-order valence-corrected chi connectivity index (χ4v) is 3.07. The molecule has 1 aliphatic carbocycles. The minimum atomic E-state index is 0.432. The molecule has 0 spiro atoms. The summed E-state index contributed by atoms with van der Waals surface area (Å²) in [5, 5.41) is 4.82. The van der Waals surface area contributed by atoms with Crippen LogP contribution in [0.3, 0.4) is 0 Å². The minimum absolute atomic E-state index is 0.432. The van der Waals surface area contributed by atoms with Crippen LogP contribution in [0.1, 0.15) is 41.4 Å². The molecule has 0 saturated heterocycles. The van der Waals surface area contributed by atoms with Gasteiger partial charge in [-0.2, -0.15) is 0 Å². The van der Waals surface area contributed by atoms with Gasteiger partial charge in [-0.25, -0.2) is 4.98 Å². The van der Waals surface area contributed by atoms with Gasteiger partial charge >= 0.3 is 0 Å². The van der Waals surface area contributed by atoms with E-state index in [1.807, 2.05) is 11.3 Å². The molecular formula is C12H18N2S. The van der Waals surface area contributed by atoms with Crippen LogP contribution >= 0.6 is 11.3 Å². The Morgan fingerprint density at radius 3 is 2.60 bits per heavy atom. The fourth-order valence-electron chi connectivity index (χ4n) is 2.13. The van der Waals surface area contributed by atoms with Crippen LogP contribution in [0.15, 0.2) is 12.2 Å². The van der Waals surface area contributed by atoms with Crippen molar-refractivity contribution in [2.24, 2.45) is 0 Å². The Bertz CT molecular complexity index is 360. The van der Waals surface area contributed by atoms with E-state index in [9.17, 15) is 0 Å². The van der Waals surface area contributed by atoms with Crippen LogP contribution in [0, 0.1) is 13.8 Å². The monoisotopic (exact) mass is 222 g/mol. The van der Waals surface area contributed by atoms with Gasteiger partial charge in [0.15, 0.2) is 0 Å². The van der Waals surface area contributed by atoms with Crippen molar-refractivity contribution < 1.29 is 0 Å². The Kier molecular flexibility index (Phi) is 3.22. The second-order valence-electron chi connectivity index (χ2n) is 4.21. The first-order valence-electron chi connectivity index (χ1n) is 5.52. The molecule has 82 valence electrons. The first kappa shape index (κ1) is 10.8. The summed E-state index contributed by atoms with van der Waals surface area (Å²) in [4.78, 5) is 5.86. The van der Waals surface area contributed by atoms with Gasteiger partial charge in [0, 0.05) is 17.0 Å². The van der Waals surface area contributed by atoms with Gasteiger partial charge in [-0.1, -0.05) is 12.2 Å². The molecule has 0 radical (unpaired) electrons. The molecule has 0 amide bonds. The highest BCUT2D eigenvalue weighted by molar-refractivity contribution is 7.11. The third kappa shape index (κ3) is 2.47. The van der Waals surface area contributed by atoms with E-state index in [0.717, 1.165) is 0 Å². The standard InChI is InChI=1S/C12H18N2S/c1-8-12(15-10(3)13-8)9(2)14-11-6-4-5-7-11/h4-5,9,11,14H,6-7H2,1-3H3. The van der Waals surface area contributed by atoms with Gasteiger partial charge in [0.2, 0.25) is 0 Å². The molecule has 2 nitrogen and oxygen atoms in total. The van der Waals surface area contributed by atoms with Gasteiger partial charge in [-0.3, -0.25) is 0 Å². The molecule has 2 rings (SSSR count). The molecule has 15 heavy (non-hydrogen) atoms. The molecule has 0 aliphatic heterocycles. The Morgan fingerprint density at radius 2 is 2.07 bits per heavy atom. The summed E-state index contributed by atoms with van der Waals surface area (Å²) in [5.41, 5.74) is 1.18. The van der Waals surface area contributed by atoms with E-state index < -0.39 is 0 Å². The van der Waals surface area contributed by atoms with Crippen molar-refractivity contribution in [2.45, 2.75) is 45.7 Å². The number of hydrogen-bond acceptors (Lipinski definition) is 3. The zero-order valence-electron chi connectivity index (χ0n) is 9.58. The first-order chi connectivity index (χ1) is 7.16. The molecule has 1 atom stereocenters. The van der Waals surface area contributed by atoms with Crippen molar-refractivity contribution in [2.75, 3.05) is 0 Å². The number of aromatic nitrogens is 1. The Labute approximate surface area is 95.4 Å². The average molecular weight is 222 g/mol. The van der Waals surface area contributed by atoms with E-state index >= 15 is 0 Å². The molecule has 1 N–H and O–H groups in total. The fraction of sp³-hybridized carbons (Fsp3) is 0.583. The minimum Gasteiger partial charge on any atom is -0.306 e. The lowest BCUT2D eigenvalue weighted by atomic mass is 10.1. The van der Waals surface area contributed by atoms with Crippen LogP contribution in [-0.2, 0) is 0 Å². The third-order valence-corrected chi connectivity index (χ3v) is 4.08. The number of rotatable bonds is 3. The zero-order valence-corrected chi connectivity index (χ0v) is 10.4. The largest absolute Gasteiger partial charge is 0.306 e. The number of nitrogens with one attached hydrogen (secondary N) is 1. The van der Waals surface area contributed by atoms with Crippen molar-refractivity contribution >= 4 is 11.3 Å². The molecule has 1 unspecified atom stereocenters. The maximum absolute atomic E-state index is 4.47. The normalized spacial score (nSPS) is 18.6. The molecule has 0 aromatic carbocycles. The van der Waals surface area contributed by atoms with Crippen molar-refractivity contribution in [3.05, 3.63) is 27.7 Å². The van der Waals surface area contributed by atoms with Crippen LogP contribution in [0.2, 0.25) is 0 Å². The summed E-state index contributed by atoms with van der Waals surface area (Å²) in [6.45, 7) is 6.41. The van der Waals surface area contributed by atoms with Crippen LogP contribution < -0.4 is 5.32 Å². The lowest BCUT2D eigenvalue weighted by Gasteiger charge is -2.18. The van der Waals surface area contributed by atoms with Crippen LogP contribution in [0.4, 0.5) is 0 Å². The Balaban J connectivity index is 2.00. The highest BCUT2D eigenvalue weighted by Gasteiger charge is 2.17. The summed E-state index contributed by atoms with van der Waals surface area (Å²) in [6.07, 6.45) is 6.85. The lowest BCUT2D eigenvalue weighted by molar-refractivity contribution is 0.474. The number of nitrogens with zero attached hydrogens (tertiary/aromatic N) is 1. The predicted octanol–water partition coefficient (Wildman–Crippen LogP) is 3.13. The van der Waals surface area contributed by atoms with Crippen molar-refractivity contribution in [1.29, 1.82) is 0 Å². The van der Waals surface area contributed by atoms with Crippen molar-refractivity contribution in [3.8, 4) is 0 Å². The number of thiazole rings is 1. The molecule has 3 heteroatoms. The molecule has 1 aromatic heterocycles. The van der Waals surface area contributed by atoms with Crippen LogP contribution in [0.25, 0.3) is 0 Å². The van der Waals surface area contributed by atoms with Crippen LogP contribution in [0.5, 0.6) is 0 Å². The molecular weight excluding hydrogens is 204 g/mol. The topological polar surface area (TPSA) is 24.9 Å². The lowest BCUT2D eigenvalue weighted by Crippen LogP contribution is -2.29. The average Bonchev–Trinajstić information content (AvgIpc) is 2.75. The van der Waals surface area contributed by atoms with Gasteiger partial charge in [0.05, 0.1) is 10.7 Å². The smallest absolute Gasteiger partial charge is 0.0900 e. The summed E-state index contributed by atoms with van der Waals surface area (Å²) >= 11 is 1.81. The molecule has 0 bridgehead atoms. The highest BCUT2D eigenvalue weighted by atomic mass is 32.1. The predicted molar refractivity (Wildman–Crippen MR) is 65.3 cm³/mol. The third-order valence-electron chi connectivity index (χ3n) is 2.83. The Hall–Kier alpha value is -0.670. The second-order valence-corrected chi connectivity index (χ2v) is 5.45. The molecule has 1 aliphatic rings. The van der Waals surface area contributed by atoms with E-state index in [0.29, 0.717) is 12.1 Å². The highest BCUT2D eigenvalue weighted by Crippen LogP contribution is 2.26. The quantitative estimate of drug-likeness (QED) is 0.795. The summed E-state index contributed by atoms with van der Waals surface area (Å²) in [6, 6.07) is 1.06. The van der Waals surface area contributed by atoms with E-state index in [1.54, 1.807) is 0 Å². The molecule has 1 heterocycles. The van der Waals surface area contributed by atoms with Gasteiger partial charge < -0.3 is 5.32 Å². The second kappa shape index (κ2) is 4.45. The van der Waals surface area contributed by atoms with E-state index in [1.165, 1.54) is 28.4 Å². The molecule has 0 fully saturated rings. The Morgan fingerprint density at radius 1 is 1.40 bits per heavy atom. The van der Waals surface area contributed by atoms with Gasteiger partial charge in [0.1, 0.15) is 0 Å². The zero-order chi connectivity index (χ0) is 10.8. The first-order valence-corrected chi connectivity index (χ1v) is 6.33. The number of aryl methyl sites for hydroxylation is 2. The van der Waals surface area contributed by atoms with Gasteiger partial charge in [0.25, 0.3) is 0 Å². The summed E-state index contributed by atoms with van der Waals surface area (Å²) in [5.74, 6) is 0. The van der Waals surface area contributed by atoms with Gasteiger partial charge in [-0.05, 0) is 33.6 Å². The number of hydrogen-bond donors (Lipinski definition) is 1. The van der Waals surface area contributed by atoms with E-state index in [2.05, 4.69) is 43.2 Å². The molecule has 1 aromatic rings. The van der Waals surface area contributed by atoms with Crippen LogP contribution in [-0.4, -0.2) is 11.0 Å². The maximum atomic E-state index is 4.47. The molecule has 0 saturated carbocycles. The van der Waals surface area contributed by atoms with E-state index in [-0.39, 0.29) is 0 Å². The van der Waals surface area contributed by atoms with Crippen molar-refractivity contribution in [1.82, 2.24) is 10.3 Å². The van der Waals surface area contributed by atoms with Gasteiger partial charge in [-0.15, -0.1) is 11.3 Å².